The zero-order valence-electron chi connectivity index (χ0n) is 18.6. The quantitative estimate of drug-likeness (QED) is 0.560. The Labute approximate surface area is 195 Å². The lowest BCUT2D eigenvalue weighted by Gasteiger charge is -2.27. The van der Waals surface area contributed by atoms with Gasteiger partial charge in [-0.3, -0.25) is 4.79 Å². The number of alkyl halides is 3. The Bertz CT molecular complexity index is 1130. The summed E-state index contributed by atoms with van der Waals surface area (Å²) in [5.41, 5.74) is 3.71. The van der Waals surface area contributed by atoms with Crippen molar-refractivity contribution in [3.63, 3.8) is 0 Å². The second-order valence-corrected chi connectivity index (χ2v) is 8.38. The van der Waals surface area contributed by atoms with Gasteiger partial charge in [-0.2, -0.15) is 0 Å². The molecule has 1 fully saturated rings. The fourth-order valence-electron chi connectivity index (χ4n) is 4.45. The molecule has 0 radical (unpaired) electrons. The lowest BCUT2D eigenvalue weighted by molar-refractivity contribution is -0.274. The maximum atomic E-state index is 13.0. The summed E-state index contributed by atoms with van der Waals surface area (Å²) in [7, 11) is 0. The van der Waals surface area contributed by atoms with Crippen LogP contribution in [0.2, 0.25) is 0 Å². The van der Waals surface area contributed by atoms with E-state index in [-0.39, 0.29) is 24.7 Å². The zero-order valence-corrected chi connectivity index (χ0v) is 18.6. The van der Waals surface area contributed by atoms with Crippen molar-refractivity contribution in [3.8, 4) is 23.3 Å². The number of benzene rings is 2. The molecule has 2 aromatic rings. The van der Waals surface area contributed by atoms with Gasteiger partial charge in [0.15, 0.2) is 6.10 Å². The van der Waals surface area contributed by atoms with Gasteiger partial charge >= 0.3 is 6.36 Å². The van der Waals surface area contributed by atoms with Crippen molar-refractivity contribution in [2.24, 2.45) is 0 Å². The first-order valence-electron chi connectivity index (χ1n) is 11.1. The molecule has 2 aliphatic rings. The summed E-state index contributed by atoms with van der Waals surface area (Å²) in [6.45, 7) is 1.76. The van der Waals surface area contributed by atoms with Crippen LogP contribution in [0.3, 0.4) is 0 Å². The average molecular weight is 474 g/mol. The summed E-state index contributed by atoms with van der Waals surface area (Å²) in [5, 5.41) is 14.9. The smallest absolute Gasteiger partial charge is 0.477 e. The Morgan fingerprint density at radius 2 is 2.03 bits per heavy atom. The van der Waals surface area contributed by atoms with Crippen LogP contribution in [0.5, 0.6) is 11.5 Å². The van der Waals surface area contributed by atoms with E-state index in [2.05, 4.69) is 27.2 Å². The van der Waals surface area contributed by atoms with Crippen LogP contribution in [0.4, 0.5) is 24.5 Å². The predicted octanol–water partition coefficient (Wildman–Crippen LogP) is 4.71. The molecule has 34 heavy (non-hydrogen) atoms. The van der Waals surface area contributed by atoms with Crippen molar-refractivity contribution in [2.75, 3.05) is 23.8 Å². The van der Waals surface area contributed by atoms with Crippen LogP contribution in [0, 0.1) is 18.8 Å². The molecule has 6 nitrogen and oxygen atoms in total. The number of halogens is 3. The number of anilines is 2. The fourth-order valence-corrected chi connectivity index (χ4v) is 4.45. The number of hydrogen-bond acceptors (Lipinski definition) is 5. The lowest BCUT2D eigenvalue weighted by Crippen LogP contribution is -2.41. The molecule has 0 bridgehead atoms. The Balaban J connectivity index is 1.51. The van der Waals surface area contributed by atoms with Crippen LogP contribution in [0.25, 0.3) is 0 Å². The standard InChI is InChI=1S/C25H25F3N2O4/c1-15-11-20(17(7-4-10-31)12-19(15)16-5-2-3-6-16)30-24(32)23-14-29-21-13-18(34-25(26,27)28)8-9-22(21)33-23/h8-9,11-13,16,23,29,31H,2-3,5-6,10,14H2,1H3,(H,30,32). The summed E-state index contributed by atoms with van der Waals surface area (Å²) >= 11 is 0. The summed E-state index contributed by atoms with van der Waals surface area (Å²) < 4.78 is 47.0. The molecule has 0 spiro atoms. The predicted molar refractivity (Wildman–Crippen MR) is 121 cm³/mol. The Morgan fingerprint density at radius 3 is 2.74 bits per heavy atom. The molecule has 9 heteroatoms. The average Bonchev–Trinajstić information content (AvgIpc) is 3.31. The minimum Gasteiger partial charge on any atom is -0.477 e. The molecule has 1 heterocycles. The number of aliphatic hydroxyl groups excluding tert-OH is 1. The molecule has 1 unspecified atom stereocenters. The molecule has 4 rings (SSSR count). The van der Waals surface area contributed by atoms with E-state index in [4.69, 9.17) is 9.84 Å². The highest BCUT2D eigenvalue weighted by atomic mass is 19.4. The first kappa shape index (κ1) is 23.8. The van der Waals surface area contributed by atoms with Crippen molar-refractivity contribution in [1.82, 2.24) is 0 Å². The van der Waals surface area contributed by atoms with Crippen LogP contribution in [0.15, 0.2) is 30.3 Å². The third kappa shape index (κ3) is 5.57. The SMILES string of the molecule is Cc1cc(NC(=O)C2CNc3cc(OC(F)(F)F)ccc3O2)c(C#CCO)cc1C1CCCC1. The van der Waals surface area contributed by atoms with Gasteiger partial charge in [0.25, 0.3) is 5.91 Å². The van der Waals surface area contributed by atoms with Gasteiger partial charge in [-0.15, -0.1) is 13.2 Å². The third-order valence-corrected chi connectivity index (χ3v) is 5.99. The van der Waals surface area contributed by atoms with Crippen LogP contribution in [-0.4, -0.2) is 36.6 Å². The van der Waals surface area contributed by atoms with Gasteiger partial charge in [0.2, 0.25) is 0 Å². The van der Waals surface area contributed by atoms with Gasteiger partial charge in [0.05, 0.1) is 17.9 Å². The van der Waals surface area contributed by atoms with Crippen LogP contribution in [-0.2, 0) is 4.79 Å². The van der Waals surface area contributed by atoms with Gasteiger partial charge < -0.3 is 25.2 Å². The highest BCUT2D eigenvalue weighted by molar-refractivity contribution is 5.96. The molecule has 180 valence electrons. The topological polar surface area (TPSA) is 79.8 Å². The monoisotopic (exact) mass is 474 g/mol. The van der Waals surface area contributed by atoms with Gasteiger partial charge in [0, 0.05) is 11.6 Å². The summed E-state index contributed by atoms with van der Waals surface area (Å²) in [6, 6.07) is 7.49. The molecular formula is C25H25F3N2O4. The molecule has 1 atom stereocenters. The number of fused-ring (bicyclic) bond motifs is 1. The van der Waals surface area contributed by atoms with Gasteiger partial charge in [-0.05, 0) is 61.1 Å². The van der Waals surface area contributed by atoms with E-state index in [1.807, 2.05) is 19.1 Å². The number of amides is 1. The second-order valence-electron chi connectivity index (χ2n) is 8.38. The maximum Gasteiger partial charge on any atom is 0.573 e. The molecule has 2 aromatic carbocycles. The number of nitrogens with one attached hydrogen (secondary N) is 2. The van der Waals surface area contributed by atoms with Gasteiger partial charge in [-0.1, -0.05) is 24.7 Å². The van der Waals surface area contributed by atoms with E-state index in [9.17, 15) is 18.0 Å². The third-order valence-electron chi connectivity index (χ3n) is 5.99. The number of ether oxygens (including phenoxy) is 2. The Hall–Kier alpha value is -3.38. The van der Waals surface area contributed by atoms with E-state index in [0.29, 0.717) is 22.9 Å². The molecule has 1 aliphatic heterocycles. The first-order valence-corrected chi connectivity index (χ1v) is 11.1. The molecule has 1 aliphatic carbocycles. The number of carbonyl (C=O) groups excluding carboxylic acids is 1. The van der Waals surface area contributed by atoms with Crippen LogP contribution in [0.1, 0.15) is 48.3 Å². The van der Waals surface area contributed by atoms with Crippen molar-refractivity contribution >= 4 is 17.3 Å². The highest BCUT2D eigenvalue weighted by Gasteiger charge is 2.32. The van der Waals surface area contributed by atoms with Crippen molar-refractivity contribution in [3.05, 3.63) is 47.0 Å². The minimum atomic E-state index is -4.80. The van der Waals surface area contributed by atoms with Crippen LogP contribution < -0.4 is 20.1 Å². The van der Waals surface area contributed by atoms with Crippen LogP contribution >= 0.6 is 0 Å². The molecule has 0 aromatic heterocycles. The van der Waals surface area contributed by atoms with E-state index in [1.54, 1.807) is 0 Å². The highest BCUT2D eigenvalue weighted by Crippen LogP contribution is 2.38. The largest absolute Gasteiger partial charge is 0.573 e. The summed E-state index contributed by atoms with van der Waals surface area (Å²) in [4.78, 5) is 13.0. The molecule has 3 N–H and O–H groups in total. The number of aliphatic hydroxyl groups is 1. The van der Waals surface area contributed by atoms with E-state index in [1.165, 1.54) is 30.5 Å². The summed E-state index contributed by atoms with van der Waals surface area (Å²) in [6.07, 6.45) is -1.08. The number of rotatable bonds is 4. The number of carbonyl (C=O) groups is 1. The second kappa shape index (κ2) is 9.85. The zero-order chi connectivity index (χ0) is 24.3. The minimum absolute atomic E-state index is 0.0606. The van der Waals surface area contributed by atoms with E-state index < -0.39 is 18.4 Å². The molecular weight excluding hydrogens is 449 g/mol. The Kier molecular flexibility index (Phi) is 6.89. The number of aryl methyl sites for hydroxylation is 1. The number of hydrogen-bond donors (Lipinski definition) is 3. The Morgan fingerprint density at radius 1 is 1.26 bits per heavy atom. The van der Waals surface area contributed by atoms with E-state index >= 15 is 0 Å². The fraction of sp³-hybridized carbons (Fsp3) is 0.400. The summed E-state index contributed by atoms with van der Waals surface area (Å²) in [5.74, 6) is 5.48. The van der Waals surface area contributed by atoms with Crippen molar-refractivity contribution in [1.29, 1.82) is 0 Å². The van der Waals surface area contributed by atoms with E-state index in [0.717, 1.165) is 24.5 Å². The lowest BCUT2D eigenvalue weighted by atomic mass is 9.91. The normalized spacial score (nSPS) is 17.6. The van der Waals surface area contributed by atoms with Gasteiger partial charge in [-0.25, -0.2) is 0 Å². The molecule has 1 saturated carbocycles. The van der Waals surface area contributed by atoms with Crippen molar-refractivity contribution < 1.29 is 32.5 Å². The molecule has 1 amide bonds. The van der Waals surface area contributed by atoms with Gasteiger partial charge in [0.1, 0.15) is 18.1 Å². The first-order chi connectivity index (χ1) is 16.2. The van der Waals surface area contributed by atoms with Crippen molar-refractivity contribution in [2.45, 2.75) is 51.0 Å². The maximum absolute atomic E-state index is 13.0. The molecule has 0 saturated heterocycles.